The van der Waals surface area contributed by atoms with Crippen LogP contribution in [0, 0.1) is 13.8 Å². The molecular formula is C11H11ClN4O. The minimum Gasteiger partial charge on any atom is -0.291 e. The average molecular weight is 251 g/mol. The molecule has 0 aliphatic rings. The van der Waals surface area contributed by atoms with Gasteiger partial charge in [-0.05, 0) is 13.8 Å². The van der Waals surface area contributed by atoms with E-state index in [1.807, 2.05) is 0 Å². The van der Waals surface area contributed by atoms with Gasteiger partial charge in [-0.3, -0.25) is 14.3 Å². The molecule has 2 aromatic heterocycles. The second-order valence-corrected chi connectivity index (χ2v) is 4.09. The van der Waals surface area contributed by atoms with Crippen molar-refractivity contribution in [1.82, 2.24) is 19.5 Å². The topological polar surface area (TPSA) is 60.7 Å². The van der Waals surface area contributed by atoms with Gasteiger partial charge in [0.2, 0.25) is 0 Å². The van der Waals surface area contributed by atoms with Crippen molar-refractivity contribution >= 4 is 11.6 Å². The molecule has 0 spiro atoms. The van der Waals surface area contributed by atoms with E-state index < -0.39 is 0 Å². The van der Waals surface area contributed by atoms with Crippen molar-refractivity contribution in [3.8, 4) is 0 Å². The Morgan fingerprint density at radius 3 is 2.65 bits per heavy atom. The molecule has 88 valence electrons. The lowest BCUT2D eigenvalue weighted by molar-refractivity contribution is 0.678. The number of halogens is 1. The molecular weight excluding hydrogens is 240 g/mol. The van der Waals surface area contributed by atoms with Gasteiger partial charge in [-0.1, -0.05) is 11.6 Å². The minimum absolute atomic E-state index is 0.0910. The maximum atomic E-state index is 11.8. The van der Waals surface area contributed by atoms with E-state index in [1.54, 1.807) is 24.6 Å². The quantitative estimate of drug-likeness (QED) is 0.807. The van der Waals surface area contributed by atoms with E-state index in [0.29, 0.717) is 28.9 Å². The summed E-state index contributed by atoms with van der Waals surface area (Å²) in [5.74, 6) is 0.659. The first-order valence-corrected chi connectivity index (χ1v) is 5.45. The molecule has 2 heterocycles. The van der Waals surface area contributed by atoms with Crippen molar-refractivity contribution < 1.29 is 0 Å². The van der Waals surface area contributed by atoms with Crippen LogP contribution < -0.4 is 5.56 Å². The molecule has 0 atom stereocenters. The molecule has 0 bridgehead atoms. The Morgan fingerprint density at radius 1 is 1.29 bits per heavy atom. The summed E-state index contributed by atoms with van der Waals surface area (Å²) in [6.45, 7) is 3.93. The minimum atomic E-state index is -0.0910. The summed E-state index contributed by atoms with van der Waals surface area (Å²) < 4.78 is 1.55. The molecule has 17 heavy (non-hydrogen) atoms. The maximum Gasteiger partial charge on any atom is 0.254 e. The molecule has 0 saturated carbocycles. The summed E-state index contributed by atoms with van der Waals surface area (Å²) in [5.41, 5.74) is 1.29. The molecule has 5 nitrogen and oxygen atoms in total. The van der Waals surface area contributed by atoms with Crippen LogP contribution in [0.25, 0.3) is 0 Å². The molecule has 0 aliphatic heterocycles. The third-order valence-corrected chi connectivity index (χ3v) is 2.52. The van der Waals surface area contributed by atoms with Crippen LogP contribution in [0.2, 0.25) is 5.15 Å². The Balaban J connectivity index is 2.36. The van der Waals surface area contributed by atoms with Crippen LogP contribution >= 0.6 is 11.6 Å². The highest BCUT2D eigenvalue weighted by molar-refractivity contribution is 6.29. The van der Waals surface area contributed by atoms with Gasteiger partial charge in [0.1, 0.15) is 11.0 Å². The van der Waals surface area contributed by atoms with Crippen LogP contribution in [0.1, 0.15) is 17.2 Å². The summed E-state index contributed by atoms with van der Waals surface area (Å²) in [7, 11) is 0. The fraction of sp³-hybridized carbons (Fsp3) is 0.273. The first-order valence-electron chi connectivity index (χ1n) is 5.08. The first kappa shape index (κ1) is 11.7. The SMILES string of the molecule is Cc1cc(=O)n(Cc2cnc(Cl)cn2)c(C)n1. The van der Waals surface area contributed by atoms with Crippen LogP contribution in [0.15, 0.2) is 23.3 Å². The van der Waals surface area contributed by atoms with Crippen molar-refractivity contribution in [2.24, 2.45) is 0 Å². The maximum absolute atomic E-state index is 11.8. The van der Waals surface area contributed by atoms with Gasteiger partial charge >= 0.3 is 0 Å². The number of aromatic nitrogens is 4. The Bertz CT molecular complexity index is 591. The van der Waals surface area contributed by atoms with Gasteiger partial charge in [-0.15, -0.1) is 0 Å². The van der Waals surface area contributed by atoms with E-state index >= 15 is 0 Å². The van der Waals surface area contributed by atoms with E-state index in [0.717, 1.165) is 0 Å². The summed E-state index contributed by atoms with van der Waals surface area (Å²) in [4.78, 5) is 24.0. The van der Waals surface area contributed by atoms with E-state index in [2.05, 4.69) is 15.0 Å². The third kappa shape index (κ3) is 2.68. The van der Waals surface area contributed by atoms with Crippen LogP contribution in [0.5, 0.6) is 0 Å². The molecule has 0 radical (unpaired) electrons. The smallest absolute Gasteiger partial charge is 0.254 e. The van der Waals surface area contributed by atoms with Crippen molar-refractivity contribution in [2.45, 2.75) is 20.4 Å². The lowest BCUT2D eigenvalue weighted by atomic mass is 10.4. The second kappa shape index (κ2) is 4.63. The molecule has 0 fully saturated rings. The van der Waals surface area contributed by atoms with Crippen molar-refractivity contribution in [3.63, 3.8) is 0 Å². The van der Waals surface area contributed by atoms with Gasteiger partial charge in [-0.25, -0.2) is 9.97 Å². The van der Waals surface area contributed by atoms with Gasteiger partial charge in [0.25, 0.3) is 5.56 Å². The first-order chi connectivity index (χ1) is 8.06. The van der Waals surface area contributed by atoms with E-state index in [-0.39, 0.29) is 5.56 Å². The summed E-state index contributed by atoms with van der Waals surface area (Å²) >= 11 is 5.64. The van der Waals surface area contributed by atoms with E-state index in [4.69, 9.17) is 11.6 Å². The summed E-state index contributed by atoms with van der Waals surface area (Å²) in [5, 5.41) is 0.333. The Morgan fingerprint density at radius 2 is 2.06 bits per heavy atom. The van der Waals surface area contributed by atoms with Gasteiger partial charge in [0, 0.05) is 11.8 Å². The second-order valence-electron chi connectivity index (χ2n) is 3.70. The lowest BCUT2D eigenvalue weighted by Gasteiger charge is -2.08. The molecule has 0 aliphatic carbocycles. The predicted molar refractivity (Wildman–Crippen MR) is 64.1 cm³/mol. The zero-order chi connectivity index (χ0) is 12.4. The zero-order valence-electron chi connectivity index (χ0n) is 9.51. The number of hydrogen-bond acceptors (Lipinski definition) is 4. The van der Waals surface area contributed by atoms with Crippen molar-refractivity contribution in [2.75, 3.05) is 0 Å². The average Bonchev–Trinajstić information content (AvgIpc) is 2.26. The van der Waals surface area contributed by atoms with Gasteiger partial charge in [0.05, 0.1) is 24.6 Å². The highest BCUT2D eigenvalue weighted by Gasteiger charge is 2.05. The van der Waals surface area contributed by atoms with E-state index in [9.17, 15) is 4.79 Å². The number of aryl methyl sites for hydroxylation is 2. The lowest BCUT2D eigenvalue weighted by Crippen LogP contribution is -2.24. The Labute approximate surface area is 103 Å². The number of hydrogen-bond donors (Lipinski definition) is 0. The fourth-order valence-electron chi connectivity index (χ4n) is 1.54. The summed E-state index contributed by atoms with van der Waals surface area (Å²) in [6.07, 6.45) is 3.01. The molecule has 0 unspecified atom stereocenters. The summed E-state index contributed by atoms with van der Waals surface area (Å²) in [6, 6.07) is 1.50. The van der Waals surface area contributed by atoms with Crippen molar-refractivity contribution in [1.29, 1.82) is 0 Å². The molecule has 0 N–H and O–H groups in total. The molecule has 0 aromatic carbocycles. The molecule has 0 amide bonds. The number of rotatable bonds is 2. The van der Waals surface area contributed by atoms with Gasteiger partial charge in [-0.2, -0.15) is 0 Å². The fourth-order valence-corrected chi connectivity index (χ4v) is 1.64. The standard InChI is InChI=1S/C11H11ClN4O/c1-7-3-11(17)16(8(2)15-7)6-9-4-14-10(12)5-13-9/h3-5H,6H2,1-2H3. The highest BCUT2D eigenvalue weighted by atomic mass is 35.5. The van der Waals surface area contributed by atoms with Crippen LogP contribution in [-0.2, 0) is 6.54 Å². The van der Waals surface area contributed by atoms with Crippen LogP contribution in [0.4, 0.5) is 0 Å². The van der Waals surface area contributed by atoms with Crippen LogP contribution in [0.3, 0.4) is 0 Å². The Hall–Kier alpha value is -1.75. The molecule has 2 rings (SSSR count). The van der Waals surface area contributed by atoms with E-state index in [1.165, 1.54) is 12.3 Å². The van der Waals surface area contributed by atoms with Gasteiger partial charge < -0.3 is 0 Å². The van der Waals surface area contributed by atoms with Gasteiger partial charge in [0.15, 0.2) is 0 Å². The zero-order valence-corrected chi connectivity index (χ0v) is 10.3. The monoisotopic (exact) mass is 250 g/mol. The molecule has 2 aromatic rings. The predicted octanol–water partition coefficient (Wildman–Crippen LogP) is 1.35. The highest BCUT2D eigenvalue weighted by Crippen LogP contribution is 2.03. The number of nitrogens with zero attached hydrogens (tertiary/aromatic N) is 4. The Kier molecular flexibility index (Phi) is 3.19. The normalized spacial score (nSPS) is 10.5. The third-order valence-electron chi connectivity index (χ3n) is 2.32. The molecule has 0 saturated heterocycles. The van der Waals surface area contributed by atoms with Crippen LogP contribution in [-0.4, -0.2) is 19.5 Å². The molecule has 6 heteroatoms. The largest absolute Gasteiger partial charge is 0.291 e. The van der Waals surface area contributed by atoms with Crippen molar-refractivity contribution in [3.05, 3.63) is 51.2 Å².